The van der Waals surface area contributed by atoms with Gasteiger partial charge in [-0.3, -0.25) is 0 Å². The number of hydrogen-bond donors (Lipinski definition) is 1. The number of benzene rings is 2. The minimum absolute atomic E-state index is 0. The maximum Gasteiger partial charge on any atom is 0.337 e. The van der Waals surface area contributed by atoms with Gasteiger partial charge in [0.25, 0.3) is 0 Å². The average Bonchev–Trinajstić information content (AvgIpc) is 2.45. The first-order valence-corrected chi connectivity index (χ1v) is 6.09. The summed E-state index contributed by atoms with van der Waals surface area (Å²) in [6.45, 7) is 0. The summed E-state index contributed by atoms with van der Waals surface area (Å²) in [6, 6.07) is 14.1. The van der Waals surface area contributed by atoms with Crippen LogP contribution in [0.15, 0.2) is 58.8 Å². The van der Waals surface area contributed by atoms with Gasteiger partial charge in [-0.2, -0.15) is 5.11 Å². The van der Waals surface area contributed by atoms with Crippen LogP contribution in [0.25, 0.3) is 0 Å². The van der Waals surface area contributed by atoms with Gasteiger partial charge in [0.15, 0.2) is 0 Å². The summed E-state index contributed by atoms with van der Waals surface area (Å²) >= 11 is 0. The first-order valence-electron chi connectivity index (χ1n) is 6.09. The van der Waals surface area contributed by atoms with Gasteiger partial charge in [0.1, 0.15) is 5.69 Å². The molecule has 0 fully saturated rings. The normalized spacial score (nSPS) is 10.2. The molecule has 0 heterocycles. The zero-order chi connectivity index (χ0) is 14.5. The Morgan fingerprint density at radius 1 is 1.00 bits per heavy atom. The molecule has 0 saturated carbocycles. The second-order valence-corrected chi connectivity index (χ2v) is 4.43. The van der Waals surface area contributed by atoms with Crippen LogP contribution in [-0.2, 0) is 0 Å². The Bertz CT molecular complexity index is 640. The molecule has 0 saturated heterocycles. The van der Waals surface area contributed by atoms with Crippen molar-refractivity contribution in [1.29, 1.82) is 0 Å². The van der Waals surface area contributed by atoms with Crippen LogP contribution in [0.1, 0.15) is 10.4 Å². The van der Waals surface area contributed by atoms with Gasteiger partial charge in [-0.05, 0) is 36.4 Å². The van der Waals surface area contributed by atoms with Gasteiger partial charge in [0.2, 0.25) is 0 Å². The number of carboxylic acid groups (broad SMARTS) is 1. The predicted octanol–water partition coefficient (Wildman–Crippen LogP) is 3.49. The number of hydrogen-bond acceptors (Lipinski definition) is 4. The van der Waals surface area contributed by atoms with Gasteiger partial charge < -0.3 is 10.0 Å². The molecule has 0 atom stereocenters. The van der Waals surface area contributed by atoms with Crippen LogP contribution in [0.2, 0.25) is 0 Å². The fraction of sp³-hybridized carbons (Fsp3) is 0.133. The molecule has 0 aliphatic rings. The number of nitrogens with zero attached hydrogens (tertiary/aromatic N) is 3. The van der Waals surface area contributed by atoms with Gasteiger partial charge in [0.05, 0.1) is 11.3 Å². The first kappa shape index (κ1) is 17.4. The molecule has 0 spiro atoms. The molecule has 0 aliphatic carbocycles. The molecule has 2 aromatic rings. The van der Waals surface area contributed by atoms with E-state index in [0.29, 0.717) is 11.4 Å². The number of carboxylic acids is 1. The summed E-state index contributed by atoms with van der Waals surface area (Å²) in [6.07, 6.45) is 0. The van der Waals surface area contributed by atoms with E-state index in [1.165, 1.54) is 6.07 Å². The Kier molecular flexibility index (Phi) is 6.55. The Labute approximate surface area is 145 Å². The smallest absolute Gasteiger partial charge is 0.337 e. The number of aromatic carboxylic acids is 1. The molecule has 0 aliphatic heterocycles. The maximum absolute atomic E-state index is 11.0. The Morgan fingerprint density at radius 3 is 2.19 bits per heavy atom. The Morgan fingerprint density at radius 2 is 1.62 bits per heavy atom. The minimum atomic E-state index is -1.01. The van der Waals surface area contributed by atoms with Crippen molar-refractivity contribution in [3.63, 3.8) is 0 Å². The van der Waals surface area contributed by atoms with Crippen LogP contribution in [-0.4, -0.2) is 54.7 Å². The molecule has 6 heteroatoms. The average molecular weight is 292 g/mol. The van der Waals surface area contributed by atoms with Crippen LogP contribution in [0.4, 0.5) is 17.1 Å². The molecule has 21 heavy (non-hydrogen) atoms. The predicted molar refractivity (Wildman–Crippen MR) is 84.1 cm³/mol. The summed E-state index contributed by atoms with van der Waals surface area (Å²) < 4.78 is 0. The first-order chi connectivity index (χ1) is 9.58. The van der Waals surface area contributed by atoms with E-state index in [9.17, 15) is 4.79 Å². The minimum Gasteiger partial charge on any atom is -0.478 e. The van der Waals surface area contributed by atoms with Crippen LogP contribution in [0.5, 0.6) is 0 Å². The summed E-state index contributed by atoms with van der Waals surface area (Å²) in [7, 11) is 3.92. The van der Waals surface area contributed by atoms with E-state index >= 15 is 0 Å². The van der Waals surface area contributed by atoms with Crippen molar-refractivity contribution in [3.05, 3.63) is 54.1 Å². The second-order valence-electron chi connectivity index (χ2n) is 4.43. The zero-order valence-electron chi connectivity index (χ0n) is 12.3. The number of anilines is 1. The van der Waals surface area contributed by atoms with E-state index in [0.717, 1.165) is 5.69 Å². The Hall–Kier alpha value is -1.69. The monoisotopic (exact) mass is 292 g/mol. The SMILES string of the molecule is CN(C)c1ccc(N=Nc2ccccc2C(=O)O)cc1.[Na]. The fourth-order valence-electron chi connectivity index (χ4n) is 1.67. The standard InChI is InChI=1S/C15H15N3O2.Na/c1-18(2)12-9-7-11(8-10-12)16-17-14-6-4-3-5-13(14)15(19)20;/h3-10H,1-2H3,(H,19,20);. The van der Waals surface area contributed by atoms with Crippen molar-refractivity contribution in [3.8, 4) is 0 Å². The van der Waals surface area contributed by atoms with Crippen molar-refractivity contribution in [2.24, 2.45) is 10.2 Å². The molecule has 1 N–H and O–H groups in total. The van der Waals surface area contributed by atoms with Gasteiger partial charge in [0, 0.05) is 49.3 Å². The van der Waals surface area contributed by atoms with Crippen molar-refractivity contribution >= 4 is 52.6 Å². The molecule has 5 nitrogen and oxygen atoms in total. The van der Waals surface area contributed by atoms with E-state index in [2.05, 4.69) is 10.2 Å². The second kappa shape index (κ2) is 7.93. The summed E-state index contributed by atoms with van der Waals surface area (Å²) in [5, 5.41) is 17.1. The quantitative estimate of drug-likeness (QED) is 0.693. The van der Waals surface area contributed by atoms with E-state index in [1.807, 2.05) is 43.3 Å². The molecule has 2 rings (SSSR count). The van der Waals surface area contributed by atoms with Gasteiger partial charge >= 0.3 is 5.97 Å². The van der Waals surface area contributed by atoms with Crippen LogP contribution in [0.3, 0.4) is 0 Å². The number of rotatable bonds is 4. The van der Waals surface area contributed by atoms with Gasteiger partial charge in [-0.25, -0.2) is 4.79 Å². The maximum atomic E-state index is 11.0. The zero-order valence-corrected chi connectivity index (χ0v) is 14.3. The third-order valence-electron chi connectivity index (χ3n) is 2.77. The number of azo groups is 1. The van der Waals surface area contributed by atoms with E-state index in [4.69, 9.17) is 5.11 Å². The summed E-state index contributed by atoms with van der Waals surface area (Å²) in [4.78, 5) is 13.0. The molecule has 2 aromatic carbocycles. The Balaban J connectivity index is 0.00000220. The molecule has 0 aromatic heterocycles. The third kappa shape index (κ3) is 4.67. The number of carbonyl (C=O) groups is 1. The fourth-order valence-corrected chi connectivity index (χ4v) is 1.67. The molecule has 0 amide bonds. The van der Waals surface area contributed by atoms with E-state index in [1.54, 1.807) is 18.2 Å². The van der Waals surface area contributed by atoms with Crippen molar-refractivity contribution in [2.75, 3.05) is 19.0 Å². The van der Waals surface area contributed by atoms with Crippen molar-refractivity contribution in [1.82, 2.24) is 0 Å². The third-order valence-corrected chi connectivity index (χ3v) is 2.77. The molecule has 0 unspecified atom stereocenters. The largest absolute Gasteiger partial charge is 0.478 e. The van der Waals surface area contributed by atoms with Crippen LogP contribution >= 0.6 is 0 Å². The van der Waals surface area contributed by atoms with Crippen molar-refractivity contribution < 1.29 is 9.90 Å². The van der Waals surface area contributed by atoms with Crippen molar-refractivity contribution in [2.45, 2.75) is 0 Å². The van der Waals surface area contributed by atoms with Crippen LogP contribution < -0.4 is 4.90 Å². The molecule has 0 bridgehead atoms. The molecular formula is C15H15N3NaO2. The van der Waals surface area contributed by atoms with E-state index < -0.39 is 5.97 Å². The molecule has 103 valence electrons. The summed E-state index contributed by atoms with van der Waals surface area (Å²) in [5.41, 5.74) is 2.23. The molecule has 1 radical (unpaired) electrons. The van der Waals surface area contributed by atoms with E-state index in [-0.39, 0.29) is 35.1 Å². The van der Waals surface area contributed by atoms with Crippen LogP contribution in [0, 0.1) is 0 Å². The molecular weight excluding hydrogens is 277 g/mol. The van der Waals surface area contributed by atoms with Gasteiger partial charge in [-0.15, -0.1) is 5.11 Å². The topological polar surface area (TPSA) is 65.3 Å². The summed E-state index contributed by atoms with van der Waals surface area (Å²) in [5.74, 6) is -1.01. The van der Waals surface area contributed by atoms with Gasteiger partial charge in [-0.1, -0.05) is 12.1 Å².